The average Bonchev–Trinajstić information content (AvgIpc) is 3.02. The quantitative estimate of drug-likeness (QED) is 0.776. The molecule has 1 N–H and O–H groups in total. The molecular formula is C19H20N4O2. The third-order valence-electron chi connectivity index (χ3n) is 3.93. The van der Waals surface area contributed by atoms with E-state index in [2.05, 4.69) is 15.6 Å². The first-order chi connectivity index (χ1) is 12.1. The van der Waals surface area contributed by atoms with Crippen molar-refractivity contribution in [3.8, 4) is 5.69 Å². The first kappa shape index (κ1) is 16.9. The van der Waals surface area contributed by atoms with Crippen LogP contribution in [0.3, 0.4) is 0 Å². The fourth-order valence-corrected chi connectivity index (χ4v) is 2.53. The summed E-state index contributed by atoms with van der Waals surface area (Å²) in [6.45, 7) is 4.19. The molecule has 0 atom stereocenters. The average molecular weight is 336 g/mol. The maximum absolute atomic E-state index is 12.7. The number of nitrogens with zero attached hydrogens (tertiary/aromatic N) is 3. The minimum absolute atomic E-state index is 0.234. The van der Waals surface area contributed by atoms with Gasteiger partial charge in [-0.05, 0) is 37.6 Å². The molecule has 0 fully saturated rings. The zero-order chi connectivity index (χ0) is 17.8. The number of aromatic nitrogens is 3. The maximum atomic E-state index is 12.7. The van der Waals surface area contributed by atoms with Crippen LogP contribution in [0.4, 0.5) is 5.69 Å². The molecule has 0 spiro atoms. The number of rotatable bonds is 5. The number of para-hydroxylation sites is 1. The number of benzene rings is 2. The lowest BCUT2D eigenvalue weighted by Gasteiger charge is -2.09. The molecule has 3 aromatic rings. The maximum Gasteiger partial charge on any atom is 0.278 e. The van der Waals surface area contributed by atoms with E-state index in [9.17, 15) is 4.79 Å². The van der Waals surface area contributed by atoms with E-state index >= 15 is 0 Å². The highest BCUT2D eigenvalue weighted by atomic mass is 16.5. The fraction of sp³-hybridized carbons (Fsp3) is 0.211. The largest absolute Gasteiger partial charge is 0.378 e. The number of carbonyl (C=O) groups is 1. The number of aryl methyl sites for hydroxylation is 2. The Kier molecular flexibility index (Phi) is 4.90. The van der Waals surface area contributed by atoms with Gasteiger partial charge < -0.3 is 10.1 Å². The summed E-state index contributed by atoms with van der Waals surface area (Å²) in [4.78, 5) is 12.7. The van der Waals surface area contributed by atoms with E-state index in [0.717, 1.165) is 22.5 Å². The van der Waals surface area contributed by atoms with Crippen molar-refractivity contribution in [2.45, 2.75) is 20.5 Å². The number of hydrogen-bond acceptors (Lipinski definition) is 4. The highest BCUT2D eigenvalue weighted by molar-refractivity contribution is 6.04. The molecule has 0 saturated heterocycles. The van der Waals surface area contributed by atoms with E-state index in [1.165, 1.54) is 0 Å². The summed E-state index contributed by atoms with van der Waals surface area (Å²) in [5.74, 6) is -0.306. The van der Waals surface area contributed by atoms with E-state index in [0.29, 0.717) is 5.69 Å². The smallest absolute Gasteiger partial charge is 0.278 e. The van der Waals surface area contributed by atoms with Crippen LogP contribution < -0.4 is 5.32 Å². The van der Waals surface area contributed by atoms with E-state index in [4.69, 9.17) is 4.74 Å². The highest BCUT2D eigenvalue weighted by Crippen LogP contribution is 2.18. The number of amides is 1. The Hall–Kier alpha value is -2.99. The van der Waals surface area contributed by atoms with E-state index in [1.807, 2.05) is 62.4 Å². The van der Waals surface area contributed by atoms with Crippen molar-refractivity contribution in [3.05, 3.63) is 71.0 Å². The van der Waals surface area contributed by atoms with Gasteiger partial charge in [0.2, 0.25) is 0 Å². The van der Waals surface area contributed by atoms with Crippen molar-refractivity contribution in [3.63, 3.8) is 0 Å². The van der Waals surface area contributed by atoms with Crippen molar-refractivity contribution >= 4 is 11.6 Å². The van der Waals surface area contributed by atoms with Gasteiger partial charge in [-0.15, -0.1) is 5.10 Å². The SMILES string of the molecule is COCc1c(C(=O)Nc2ccccc2C)nnn1-c1ccc(C)cc1. The molecule has 0 aliphatic heterocycles. The topological polar surface area (TPSA) is 69.0 Å². The molecular weight excluding hydrogens is 316 g/mol. The first-order valence-corrected chi connectivity index (χ1v) is 7.97. The van der Waals surface area contributed by atoms with Crippen LogP contribution in [0.5, 0.6) is 0 Å². The number of carbonyl (C=O) groups excluding carboxylic acids is 1. The van der Waals surface area contributed by atoms with Gasteiger partial charge >= 0.3 is 0 Å². The van der Waals surface area contributed by atoms with Gasteiger partial charge in [-0.3, -0.25) is 4.79 Å². The van der Waals surface area contributed by atoms with Crippen LogP contribution in [0.25, 0.3) is 5.69 Å². The lowest BCUT2D eigenvalue weighted by atomic mass is 10.2. The Morgan fingerprint density at radius 2 is 1.84 bits per heavy atom. The third-order valence-corrected chi connectivity index (χ3v) is 3.93. The van der Waals surface area contributed by atoms with Crippen LogP contribution >= 0.6 is 0 Å². The van der Waals surface area contributed by atoms with Crippen LogP contribution in [0.2, 0.25) is 0 Å². The van der Waals surface area contributed by atoms with Gasteiger partial charge in [-0.25, -0.2) is 4.68 Å². The summed E-state index contributed by atoms with van der Waals surface area (Å²) in [6.07, 6.45) is 0. The molecule has 128 valence electrons. The molecule has 6 heteroatoms. The normalized spacial score (nSPS) is 10.7. The van der Waals surface area contributed by atoms with Crippen molar-refractivity contribution < 1.29 is 9.53 Å². The van der Waals surface area contributed by atoms with E-state index in [-0.39, 0.29) is 18.2 Å². The Balaban J connectivity index is 1.95. The van der Waals surface area contributed by atoms with E-state index in [1.54, 1.807) is 11.8 Å². The molecule has 0 bridgehead atoms. The van der Waals surface area contributed by atoms with Crippen molar-refractivity contribution in [1.82, 2.24) is 15.0 Å². The van der Waals surface area contributed by atoms with Gasteiger partial charge in [-0.2, -0.15) is 0 Å². The summed E-state index contributed by atoms with van der Waals surface area (Å²) in [6, 6.07) is 15.4. The summed E-state index contributed by atoms with van der Waals surface area (Å²) in [7, 11) is 1.58. The molecule has 1 aromatic heterocycles. The zero-order valence-electron chi connectivity index (χ0n) is 14.5. The van der Waals surface area contributed by atoms with Gasteiger partial charge in [0.05, 0.1) is 12.3 Å². The molecule has 3 rings (SSSR count). The number of hydrogen-bond donors (Lipinski definition) is 1. The summed E-state index contributed by atoms with van der Waals surface area (Å²) < 4.78 is 6.89. The van der Waals surface area contributed by atoms with Gasteiger partial charge in [0, 0.05) is 12.8 Å². The number of methoxy groups -OCH3 is 1. The van der Waals surface area contributed by atoms with Gasteiger partial charge in [-0.1, -0.05) is 41.1 Å². The third kappa shape index (κ3) is 3.59. The second-order valence-corrected chi connectivity index (χ2v) is 5.83. The predicted molar refractivity (Wildman–Crippen MR) is 95.9 cm³/mol. The summed E-state index contributed by atoms with van der Waals surface area (Å²) >= 11 is 0. The summed E-state index contributed by atoms with van der Waals surface area (Å²) in [5, 5.41) is 11.1. The molecule has 25 heavy (non-hydrogen) atoms. The Labute approximate surface area is 146 Å². The molecule has 2 aromatic carbocycles. The van der Waals surface area contributed by atoms with E-state index < -0.39 is 0 Å². The van der Waals surface area contributed by atoms with Crippen LogP contribution in [-0.2, 0) is 11.3 Å². The van der Waals surface area contributed by atoms with Crippen molar-refractivity contribution in [1.29, 1.82) is 0 Å². The van der Waals surface area contributed by atoms with Crippen LogP contribution in [0.1, 0.15) is 27.3 Å². The predicted octanol–water partition coefficient (Wildman–Crippen LogP) is 3.28. The second-order valence-electron chi connectivity index (χ2n) is 5.83. The minimum Gasteiger partial charge on any atom is -0.378 e. The lowest BCUT2D eigenvalue weighted by molar-refractivity contribution is 0.101. The zero-order valence-corrected chi connectivity index (χ0v) is 14.5. The Bertz CT molecular complexity index is 885. The minimum atomic E-state index is -0.306. The molecule has 1 heterocycles. The van der Waals surface area contributed by atoms with Gasteiger partial charge in [0.25, 0.3) is 5.91 Å². The fourth-order valence-electron chi connectivity index (χ4n) is 2.53. The molecule has 0 radical (unpaired) electrons. The second kappa shape index (κ2) is 7.27. The Morgan fingerprint density at radius 3 is 2.52 bits per heavy atom. The highest BCUT2D eigenvalue weighted by Gasteiger charge is 2.21. The van der Waals surface area contributed by atoms with Crippen molar-refractivity contribution in [2.75, 3.05) is 12.4 Å². The van der Waals surface area contributed by atoms with Gasteiger partial charge in [0.1, 0.15) is 5.69 Å². The molecule has 0 saturated carbocycles. The number of anilines is 1. The monoisotopic (exact) mass is 336 g/mol. The van der Waals surface area contributed by atoms with Gasteiger partial charge in [0.15, 0.2) is 5.69 Å². The first-order valence-electron chi connectivity index (χ1n) is 7.97. The van der Waals surface area contributed by atoms with Crippen LogP contribution in [-0.4, -0.2) is 28.0 Å². The molecule has 0 unspecified atom stereocenters. The molecule has 1 amide bonds. The lowest BCUT2D eigenvalue weighted by Crippen LogP contribution is -2.16. The number of nitrogens with one attached hydrogen (secondary N) is 1. The molecule has 0 aliphatic carbocycles. The Morgan fingerprint density at radius 1 is 1.12 bits per heavy atom. The van der Waals surface area contributed by atoms with Crippen LogP contribution in [0.15, 0.2) is 48.5 Å². The standard InChI is InChI=1S/C19H20N4O2/c1-13-8-10-15(11-9-13)23-17(12-25-3)18(21-22-23)19(24)20-16-7-5-4-6-14(16)2/h4-11H,12H2,1-3H3,(H,20,24). The molecule has 0 aliphatic rings. The van der Waals surface area contributed by atoms with Crippen molar-refractivity contribution in [2.24, 2.45) is 0 Å². The number of ether oxygens (including phenoxy) is 1. The summed E-state index contributed by atoms with van der Waals surface area (Å²) in [5.41, 5.74) is 4.58. The van der Waals surface area contributed by atoms with Crippen LogP contribution in [0, 0.1) is 13.8 Å². The molecule has 6 nitrogen and oxygen atoms in total.